The maximum atomic E-state index is 11.8. The van der Waals surface area contributed by atoms with Gasteiger partial charge in [-0.25, -0.2) is 4.79 Å². The summed E-state index contributed by atoms with van der Waals surface area (Å²) in [5.74, 6) is -0.358. The summed E-state index contributed by atoms with van der Waals surface area (Å²) in [5, 5.41) is 0. The fourth-order valence-electron chi connectivity index (χ4n) is 1.65. The van der Waals surface area contributed by atoms with Crippen molar-refractivity contribution in [3.8, 4) is 10.4 Å². The number of carbonyl (C=O) groups is 1. The molecule has 2 aromatic rings. The van der Waals surface area contributed by atoms with Gasteiger partial charge in [-0.3, -0.25) is 4.98 Å². The van der Waals surface area contributed by atoms with E-state index in [0.29, 0.717) is 17.2 Å². The number of thiophene rings is 1. The molecule has 0 amide bonds. The molecule has 0 bridgehead atoms. The third-order valence-corrected chi connectivity index (χ3v) is 3.93. The molecule has 0 saturated heterocycles. The molecule has 0 aliphatic heterocycles. The molecule has 0 aromatic carbocycles. The van der Waals surface area contributed by atoms with E-state index in [9.17, 15) is 4.79 Å². The van der Waals surface area contributed by atoms with Crippen LogP contribution in [0.2, 0.25) is 0 Å². The number of aromatic nitrogens is 1. The zero-order valence-electron chi connectivity index (χ0n) is 10.3. The van der Waals surface area contributed by atoms with Crippen molar-refractivity contribution >= 4 is 23.0 Å². The van der Waals surface area contributed by atoms with Crippen LogP contribution in [0.15, 0.2) is 24.5 Å². The smallest absolute Gasteiger partial charge is 0.350 e. The summed E-state index contributed by atoms with van der Waals surface area (Å²) in [7, 11) is 0. The van der Waals surface area contributed by atoms with Crippen molar-refractivity contribution in [1.29, 1.82) is 0 Å². The molecule has 2 heterocycles. The van der Waals surface area contributed by atoms with Crippen LogP contribution in [0.25, 0.3) is 10.4 Å². The van der Waals surface area contributed by atoms with Crippen LogP contribution in [0.1, 0.15) is 22.2 Å². The molecule has 2 N–H and O–H groups in total. The molecule has 4 nitrogen and oxygen atoms in total. The van der Waals surface area contributed by atoms with Gasteiger partial charge in [0.15, 0.2) is 0 Å². The lowest BCUT2D eigenvalue weighted by Gasteiger charge is -1.99. The number of nitrogens with two attached hydrogens (primary N) is 1. The van der Waals surface area contributed by atoms with Gasteiger partial charge in [-0.15, -0.1) is 11.3 Å². The van der Waals surface area contributed by atoms with Crippen LogP contribution < -0.4 is 5.73 Å². The summed E-state index contributed by atoms with van der Waals surface area (Å²) in [6, 6.07) is 3.79. The predicted octanol–water partition coefficient (Wildman–Crippen LogP) is 2.88. The van der Waals surface area contributed by atoms with Crippen LogP contribution in [0.5, 0.6) is 0 Å². The van der Waals surface area contributed by atoms with Gasteiger partial charge in [0.2, 0.25) is 0 Å². The van der Waals surface area contributed by atoms with Crippen molar-refractivity contribution < 1.29 is 9.53 Å². The second kappa shape index (κ2) is 5.18. The van der Waals surface area contributed by atoms with Gasteiger partial charge in [0.05, 0.1) is 12.3 Å². The van der Waals surface area contributed by atoms with Gasteiger partial charge in [-0.2, -0.15) is 0 Å². The number of rotatable bonds is 3. The standard InChI is InChI=1S/C13H14N2O2S/c1-3-17-13(16)12-10(14)8(2)11(18-12)9-4-6-15-7-5-9/h4-7H,3,14H2,1-2H3. The first-order valence-electron chi connectivity index (χ1n) is 5.61. The zero-order valence-corrected chi connectivity index (χ0v) is 11.1. The monoisotopic (exact) mass is 262 g/mol. The molecule has 0 saturated carbocycles. The summed E-state index contributed by atoms with van der Waals surface area (Å²) < 4.78 is 4.99. The van der Waals surface area contributed by atoms with E-state index >= 15 is 0 Å². The second-order valence-corrected chi connectivity index (χ2v) is 4.78. The van der Waals surface area contributed by atoms with Crippen molar-refractivity contribution in [2.45, 2.75) is 13.8 Å². The first-order valence-corrected chi connectivity index (χ1v) is 6.43. The van der Waals surface area contributed by atoms with Crippen molar-refractivity contribution in [3.05, 3.63) is 35.0 Å². The number of carbonyl (C=O) groups excluding carboxylic acids is 1. The average Bonchev–Trinajstić information content (AvgIpc) is 2.68. The predicted molar refractivity (Wildman–Crippen MR) is 72.7 cm³/mol. The molecule has 0 spiro atoms. The van der Waals surface area contributed by atoms with E-state index in [1.807, 2.05) is 19.1 Å². The Balaban J connectivity index is 2.46. The molecule has 2 aromatic heterocycles. The summed E-state index contributed by atoms with van der Waals surface area (Å²) in [6.45, 7) is 4.03. The number of nitrogen functional groups attached to an aromatic ring is 1. The van der Waals surface area contributed by atoms with E-state index in [1.54, 1.807) is 19.3 Å². The number of hydrogen-bond acceptors (Lipinski definition) is 5. The highest BCUT2D eigenvalue weighted by Crippen LogP contribution is 2.38. The molecule has 5 heteroatoms. The van der Waals surface area contributed by atoms with Crippen LogP contribution in [-0.2, 0) is 4.74 Å². The van der Waals surface area contributed by atoms with Gasteiger partial charge < -0.3 is 10.5 Å². The molecule has 18 heavy (non-hydrogen) atoms. The van der Waals surface area contributed by atoms with Crippen LogP contribution in [-0.4, -0.2) is 17.6 Å². The maximum Gasteiger partial charge on any atom is 0.350 e. The second-order valence-electron chi connectivity index (χ2n) is 3.76. The third-order valence-electron chi connectivity index (χ3n) is 2.60. The number of hydrogen-bond donors (Lipinski definition) is 1. The largest absolute Gasteiger partial charge is 0.462 e. The Morgan fingerprint density at radius 3 is 2.72 bits per heavy atom. The lowest BCUT2D eigenvalue weighted by Crippen LogP contribution is -2.05. The van der Waals surface area contributed by atoms with Crippen LogP contribution >= 0.6 is 11.3 Å². The minimum absolute atomic E-state index is 0.347. The normalized spacial score (nSPS) is 10.3. The van der Waals surface area contributed by atoms with Gasteiger partial charge in [-0.1, -0.05) is 0 Å². The number of ether oxygens (including phenoxy) is 1. The van der Waals surface area contributed by atoms with Crippen molar-refractivity contribution in [2.75, 3.05) is 12.3 Å². The minimum atomic E-state index is -0.358. The number of pyridine rings is 1. The lowest BCUT2D eigenvalue weighted by atomic mass is 10.1. The summed E-state index contributed by atoms with van der Waals surface area (Å²) >= 11 is 1.36. The SMILES string of the molecule is CCOC(=O)c1sc(-c2ccncc2)c(C)c1N. The first-order chi connectivity index (χ1) is 8.65. The fourth-order valence-corrected chi connectivity index (χ4v) is 2.78. The third kappa shape index (κ3) is 2.22. The number of anilines is 1. The van der Waals surface area contributed by atoms with Gasteiger partial charge in [-0.05, 0) is 37.1 Å². The minimum Gasteiger partial charge on any atom is -0.462 e. The number of nitrogens with zero attached hydrogens (tertiary/aromatic N) is 1. The Bertz CT molecular complexity index is 564. The van der Waals surface area contributed by atoms with E-state index < -0.39 is 0 Å². The maximum absolute atomic E-state index is 11.8. The first kappa shape index (κ1) is 12.6. The molecular formula is C13H14N2O2S. The quantitative estimate of drug-likeness (QED) is 0.864. The Hall–Kier alpha value is -1.88. The van der Waals surface area contributed by atoms with E-state index in [0.717, 1.165) is 16.0 Å². The highest BCUT2D eigenvalue weighted by atomic mass is 32.1. The van der Waals surface area contributed by atoms with E-state index in [2.05, 4.69) is 4.98 Å². The molecule has 0 aliphatic carbocycles. The topological polar surface area (TPSA) is 65.2 Å². The Labute approximate surface area is 109 Å². The van der Waals surface area contributed by atoms with Gasteiger partial charge in [0.25, 0.3) is 0 Å². The Morgan fingerprint density at radius 1 is 1.44 bits per heavy atom. The van der Waals surface area contributed by atoms with Crippen LogP contribution in [0, 0.1) is 6.92 Å². The highest BCUT2D eigenvalue weighted by molar-refractivity contribution is 7.18. The van der Waals surface area contributed by atoms with Gasteiger partial charge in [0, 0.05) is 17.3 Å². The molecular weight excluding hydrogens is 248 g/mol. The fraction of sp³-hybridized carbons (Fsp3) is 0.231. The summed E-state index contributed by atoms with van der Waals surface area (Å²) in [5.41, 5.74) is 8.39. The Morgan fingerprint density at radius 2 is 2.11 bits per heavy atom. The van der Waals surface area contributed by atoms with Crippen molar-refractivity contribution in [1.82, 2.24) is 4.98 Å². The number of esters is 1. The molecule has 2 rings (SSSR count). The van der Waals surface area contributed by atoms with E-state index in [-0.39, 0.29) is 5.97 Å². The highest BCUT2D eigenvalue weighted by Gasteiger charge is 2.20. The summed E-state index contributed by atoms with van der Waals surface area (Å²) in [6.07, 6.45) is 3.43. The molecule has 0 fully saturated rings. The average molecular weight is 262 g/mol. The molecule has 0 radical (unpaired) electrons. The molecule has 94 valence electrons. The summed E-state index contributed by atoms with van der Waals surface area (Å²) in [4.78, 5) is 17.2. The van der Waals surface area contributed by atoms with Gasteiger partial charge in [0.1, 0.15) is 4.88 Å². The lowest BCUT2D eigenvalue weighted by molar-refractivity contribution is 0.0533. The van der Waals surface area contributed by atoms with Crippen molar-refractivity contribution in [3.63, 3.8) is 0 Å². The van der Waals surface area contributed by atoms with E-state index in [4.69, 9.17) is 10.5 Å². The van der Waals surface area contributed by atoms with Crippen molar-refractivity contribution in [2.24, 2.45) is 0 Å². The van der Waals surface area contributed by atoms with Gasteiger partial charge >= 0.3 is 5.97 Å². The molecule has 0 unspecified atom stereocenters. The molecule has 0 atom stereocenters. The van der Waals surface area contributed by atoms with E-state index in [1.165, 1.54) is 11.3 Å². The zero-order chi connectivity index (χ0) is 13.1. The Kier molecular flexibility index (Phi) is 3.62. The van der Waals surface area contributed by atoms with Crippen LogP contribution in [0.4, 0.5) is 5.69 Å². The van der Waals surface area contributed by atoms with Crippen LogP contribution in [0.3, 0.4) is 0 Å². The molecule has 0 aliphatic rings.